The van der Waals surface area contributed by atoms with E-state index in [0.717, 1.165) is 22.3 Å². The summed E-state index contributed by atoms with van der Waals surface area (Å²) in [6.45, 7) is 0. The maximum Gasteiger partial charge on any atom is 0.273 e. The van der Waals surface area contributed by atoms with E-state index in [1.54, 1.807) is 11.7 Å². The molecule has 7 heteroatoms. The Balaban J connectivity index is 1.82. The van der Waals surface area contributed by atoms with Crippen LogP contribution in [0.25, 0.3) is 28.4 Å². The summed E-state index contributed by atoms with van der Waals surface area (Å²) in [5.41, 5.74) is 3.26. The number of rotatable bonds is 4. The Bertz CT molecular complexity index is 1640. The van der Waals surface area contributed by atoms with Crippen LogP contribution < -0.4 is 19.5 Å². The molecular formula is C26H18N4O2S. The summed E-state index contributed by atoms with van der Waals surface area (Å²) in [7, 11) is 1.61. The summed E-state index contributed by atoms with van der Waals surface area (Å²) in [5, 5.41) is 10.1. The van der Waals surface area contributed by atoms with Gasteiger partial charge in [-0.2, -0.15) is 5.26 Å². The van der Waals surface area contributed by atoms with Crippen molar-refractivity contribution in [3.05, 3.63) is 110 Å². The molecule has 0 spiro atoms. The van der Waals surface area contributed by atoms with Crippen LogP contribution in [0, 0.1) is 11.3 Å². The first-order chi connectivity index (χ1) is 16.2. The Morgan fingerprint density at radius 2 is 1.79 bits per heavy atom. The number of imidazole rings is 1. The standard InChI is InChI=1S/C26H18N4O2S/c1-32-19-13-11-17(12-14-19)15-23-25(31)30(18-7-3-2-4-8-18)26(33-23)20(16-27)24-28-21-9-5-6-10-22(21)29-24/h2-15H,1H3,(H,28,29)/b23-15+,26-20-. The van der Waals surface area contributed by atoms with E-state index in [9.17, 15) is 10.1 Å². The zero-order valence-corrected chi connectivity index (χ0v) is 18.5. The molecule has 0 saturated heterocycles. The quantitative estimate of drug-likeness (QED) is 0.455. The van der Waals surface area contributed by atoms with Gasteiger partial charge >= 0.3 is 0 Å². The molecule has 5 rings (SSSR count). The number of benzene rings is 3. The summed E-state index contributed by atoms with van der Waals surface area (Å²) in [5.74, 6) is 1.17. The van der Waals surface area contributed by atoms with Gasteiger partial charge in [0.25, 0.3) is 5.56 Å². The Morgan fingerprint density at radius 1 is 1.06 bits per heavy atom. The molecular weight excluding hydrogens is 432 g/mol. The molecule has 5 aromatic rings. The first kappa shape index (κ1) is 20.5. The molecule has 2 aromatic heterocycles. The number of nitrogens with zero attached hydrogens (tertiary/aromatic N) is 3. The molecule has 6 nitrogen and oxygen atoms in total. The highest BCUT2D eigenvalue weighted by Gasteiger charge is 2.15. The van der Waals surface area contributed by atoms with Crippen LogP contribution in [0.3, 0.4) is 0 Å². The van der Waals surface area contributed by atoms with Gasteiger partial charge in [0, 0.05) is 0 Å². The molecule has 0 amide bonds. The summed E-state index contributed by atoms with van der Waals surface area (Å²) < 4.78 is 7.83. The fourth-order valence-corrected chi connectivity index (χ4v) is 4.69. The molecule has 33 heavy (non-hydrogen) atoms. The lowest BCUT2D eigenvalue weighted by Crippen LogP contribution is -2.30. The van der Waals surface area contributed by atoms with Gasteiger partial charge in [0.2, 0.25) is 0 Å². The van der Waals surface area contributed by atoms with Crippen molar-refractivity contribution in [3.8, 4) is 17.5 Å². The van der Waals surface area contributed by atoms with E-state index >= 15 is 0 Å². The molecule has 0 aliphatic heterocycles. The van der Waals surface area contributed by atoms with Gasteiger partial charge in [-0.15, -0.1) is 11.3 Å². The van der Waals surface area contributed by atoms with Crippen molar-refractivity contribution in [2.75, 3.05) is 7.11 Å². The van der Waals surface area contributed by atoms with E-state index in [-0.39, 0.29) is 5.56 Å². The number of hydrogen-bond acceptors (Lipinski definition) is 5. The van der Waals surface area contributed by atoms with Crippen LogP contribution in [-0.2, 0) is 0 Å². The lowest BCUT2D eigenvalue weighted by molar-refractivity contribution is 0.415. The van der Waals surface area contributed by atoms with Crippen LogP contribution in [0.2, 0.25) is 0 Å². The molecule has 160 valence electrons. The zero-order chi connectivity index (χ0) is 22.8. The summed E-state index contributed by atoms with van der Waals surface area (Å²) >= 11 is 1.27. The van der Waals surface area contributed by atoms with Gasteiger partial charge in [-0.3, -0.25) is 9.36 Å². The molecule has 1 N–H and O–H groups in total. The third-order valence-electron chi connectivity index (χ3n) is 5.20. The van der Waals surface area contributed by atoms with E-state index in [0.29, 0.717) is 26.3 Å². The van der Waals surface area contributed by atoms with Gasteiger partial charge in [0.05, 0.1) is 28.4 Å². The van der Waals surface area contributed by atoms with Gasteiger partial charge in [-0.05, 0) is 48.0 Å². The first-order valence-electron chi connectivity index (χ1n) is 10.2. The molecule has 0 fully saturated rings. The maximum atomic E-state index is 13.5. The van der Waals surface area contributed by atoms with E-state index in [1.165, 1.54) is 11.3 Å². The molecule has 0 radical (unpaired) electrons. The first-order valence-corrected chi connectivity index (χ1v) is 11.0. The van der Waals surface area contributed by atoms with Gasteiger partial charge < -0.3 is 9.72 Å². The second kappa shape index (κ2) is 8.61. The summed E-state index contributed by atoms with van der Waals surface area (Å²) in [4.78, 5) is 21.3. The number of methoxy groups -OCH3 is 1. The highest BCUT2D eigenvalue weighted by atomic mass is 32.1. The minimum atomic E-state index is -0.194. The predicted molar refractivity (Wildman–Crippen MR) is 130 cm³/mol. The van der Waals surface area contributed by atoms with Crippen molar-refractivity contribution in [1.82, 2.24) is 14.5 Å². The van der Waals surface area contributed by atoms with Crippen LogP contribution in [0.5, 0.6) is 5.75 Å². The third-order valence-corrected chi connectivity index (χ3v) is 6.30. The van der Waals surface area contributed by atoms with Crippen LogP contribution in [-0.4, -0.2) is 21.6 Å². The number of nitriles is 1. The normalized spacial score (nSPS) is 12.5. The third kappa shape index (κ3) is 3.84. The van der Waals surface area contributed by atoms with Crippen LogP contribution in [0.1, 0.15) is 11.4 Å². The monoisotopic (exact) mass is 450 g/mol. The van der Waals surface area contributed by atoms with Gasteiger partial charge in [0.15, 0.2) is 5.82 Å². The lowest BCUT2D eigenvalue weighted by Gasteiger charge is -2.02. The smallest absolute Gasteiger partial charge is 0.273 e. The number of aromatic nitrogens is 3. The van der Waals surface area contributed by atoms with Crippen LogP contribution in [0.15, 0.2) is 83.7 Å². The number of aromatic amines is 1. The summed E-state index contributed by atoms with van der Waals surface area (Å²) in [6.07, 6.45) is 1.82. The van der Waals surface area contributed by atoms with Crippen molar-refractivity contribution < 1.29 is 4.74 Å². The Morgan fingerprint density at radius 3 is 2.48 bits per heavy atom. The largest absolute Gasteiger partial charge is 0.497 e. The SMILES string of the molecule is COc1ccc(/C=c2/s/c(=C(/C#N)c3nc4ccccc4[nH]3)n(-c3ccccc3)c2=O)cc1. The van der Waals surface area contributed by atoms with E-state index in [1.807, 2.05) is 84.9 Å². The molecule has 0 atom stereocenters. The average Bonchev–Trinajstić information content (AvgIpc) is 3.42. The molecule has 0 saturated carbocycles. The molecule has 0 aliphatic carbocycles. The highest BCUT2D eigenvalue weighted by Crippen LogP contribution is 2.16. The summed E-state index contributed by atoms with van der Waals surface area (Å²) in [6, 6.07) is 26.6. The van der Waals surface area contributed by atoms with Crippen molar-refractivity contribution in [2.45, 2.75) is 0 Å². The van der Waals surface area contributed by atoms with Gasteiger partial charge in [-0.1, -0.05) is 42.5 Å². The van der Waals surface area contributed by atoms with Crippen LogP contribution in [0.4, 0.5) is 0 Å². The Hall–Kier alpha value is -4.41. The lowest BCUT2D eigenvalue weighted by atomic mass is 10.2. The van der Waals surface area contributed by atoms with Crippen molar-refractivity contribution in [1.29, 1.82) is 5.26 Å². The van der Waals surface area contributed by atoms with Crippen molar-refractivity contribution >= 4 is 34.0 Å². The molecule has 0 unspecified atom stereocenters. The number of para-hydroxylation sites is 3. The van der Waals surface area contributed by atoms with Gasteiger partial charge in [-0.25, -0.2) is 4.98 Å². The zero-order valence-electron chi connectivity index (χ0n) is 17.6. The minimum Gasteiger partial charge on any atom is -0.497 e. The second-order valence-electron chi connectivity index (χ2n) is 7.25. The molecule has 2 heterocycles. The molecule has 3 aromatic carbocycles. The molecule has 0 aliphatic rings. The second-order valence-corrected chi connectivity index (χ2v) is 8.29. The number of thiazole rings is 1. The fraction of sp³-hybridized carbons (Fsp3) is 0.0385. The van der Waals surface area contributed by atoms with Gasteiger partial charge in [0.1, 0.15) is 22.1 Å². The number of fused-ring (bicyclic) bond motifs is 1. The fourth-order valence-electron chi connectivity index (χ4n) is 3.59. The topological polar surface area (TPSA) is 83.7 Å². The Labute approximate surface area is 193 Å². The highest BCUT2D eigenvalue weighted by molar-refractivity contribution is 7.07. The van der Waals surface area contributed by atoms with Crippen molar-refractivity contribution in [2.24, 2.45) is 0 Å². The molecule has 0 bridgehead atoms. The number of ether oxygens (including phenoxy) is 1. The average molecular weight is 451 g/mol. The minimum absolute atomic E-state index is 0.194. The van der Waals surface area contributed by atoms with Crippen molar-refractivity contribution in [3.63, 3.8) is 0 Å². The number of nitrogens with one attached hydrogen (secondary N) is 1. The van der Waals surface area contributed by atoms with Crippen LogP contribution >= 0.6 is 11.3 Å². The Kier molecular flexibility index (Phi) is 5.35. The maximum absolute atomic E-state index is 13.5. The van der Waals surface area contributed by atoms with E-state index in [4.69, 9.17) is 4.74 Å². The predicted octanol–water partition coefficient (Wildman–Crippen LogP) is 3.34. The number of hydrogen-bond donors (Lipinski definition) is 1. The number of H-pyrrole nitrogens is 1. The van der Waals surface area contributed by atoms with E-state index in [2.05, 4.69) is 16.0 Å². The van der Waals surface area contributed by atoms with E-state index < -0.39 is 0 Å².